The van der Waals surface area contributed by atoms with Crippen molar-refractivity contribution in [2.75, 3.05) is 0 Å². The van der Waals surface area contributed by atoms with Gasteiger partial charge >= 0.3 is 0 Å². The van der Waals surface area contributed by atoms with Crippen molar-refractivity contribution in [1.82, 2.24) is 15.0 Å². The van der Waals surface area contributed by atoms with Crippen LogP contribution in [-0.2, 0) is 6.54 Å². The molecule has 2 aromatic carbocycles. The molecular weight excluding hydrogens is 407 g/mol. The highest BCUT2D eigenvalue weighted by molar-refractivity contribution is 6.35. The van der Waals surface area contributed by atoms with Crippen LogP contribution in [0, 0.1) is 0 Å². The third kappa shape index (κ3) is 4.31. The SMILES string of the molecule is O=C(N/N=C/c1cn(Cc2ccc(Cl)cc2Cl)c2ccccc12)c1ccncc1. The minimum atomic E-state index is -0.291. The molecule has 0 aliphatic heterocycles. The Bertz CT molecular complexity index is 1200. The summed E-state index contributed by atoms with van der Waals surface area (Å²) in [6, 6.07) is 16.7. The van der Waals surface area contributed by atoms with Crippen molar-refractivity contribution in [3.63, 3.8) is 0 Å². The number of carbonyl (C=O) groups is 1. The van der Waals surface area contributed by atoms with Gasteiger partial charge in [0.15, 0.2) is 0 Å². The monoisotopic (exact) mass is 422 g/mol. The highest BCUT2D eigenvalue weighted by atomic mass is 35.5. The lowest BCUT2D eigenvalue weighted by molar-refractivity contribution is 0.0955. The highest BCUT2D eigenvalue weighted by Crippen LogP contribution is 2.25. The first-order valence-corrected chi connectivity index (χ1v) is 9.62. The maximum Gasteiger partial charge on any atom is 0.271 e. The van der Waals surface area contributed by atoms with Gasteiger partial charge in [0.25, 0.3) is 5.91 Å². The lowest BCUT2D eigenvalue weighted by atomic mass is 10.2. The summed E-state index contributed by atoms with van der Waals surface area (Å²) in [5.74, 6) is -0.291. The molecule has 1 amide bonds. The molecule has 144 valence electrons. The fourth-order valence-electron chi connectivity index (χ4n) is 3.07. The first-order valence-electron chi connectivity index (χ1n) is 8.87. The molecule has 2 aromatic heterocycles. The molecule has 0 saturated carbocycles. The number of nitrogens with one attached hydrogen (secondary N) is 1. The predicted molar refractivity (Wildman–Crippen MR) is 117 cm³/mol. The molecule has 4 aromatic rings. The van der Waals surface area contributed by atoms with Crippen LogP contribution in [0.4, 0.5) is 0 Å². The van der Waals surface area contributed by atoms with Crippen LogP contribution in [0.25, 0.3) is 10.9 Å². The number of fused-ring (bicyclic) bond motifs is 1. The number of rotatable bonds is 5. The Balaban J connectivity index is 1.59. The van der Waals surface area contributed by atoms with Crippen LogP contribution >= 0.6 is 23.2 Å². The van der Waals surface area contributed by atoms with Gasteiger partial charge in [-0.25, -0.2) is 5.43 Å². The van der Waals surface area contributed by atoms with Crippen molar-refractivity contribution in [1.29, 1.82) is 0 Å². The number of amides is 1. The van der Waals surface area contributed by atoms with Crippen LogP contribution in [-0.4, -0.2) is 21.7 Å². The number of hydrazone groups is 1. The van der Waals surface area contributed by atoms with Crippen molar-refractivity contribution in [2.24, 2.45) is 5.10 Å². The Labute approximate surface area is 177 Å². The van der Waals surface area contributed by atoms with Crippen LogP contribution in [0.2, 0.25) is 10.0 Å². The molecule has 0 spiro atoms. The first-order chi connectivity index (χ1) is 14.1. The lowest BCUT2D eigenvalue weighted by Gasteiger charge is -2.08. The highest BCUT2D eigenvalue weighted by Gasteiger charge is 2.09. The van der Waals surface area contributed by atoms with Crippen LogP contribution in [0.3, 0.4) is 0 Å². The van der Waals surface area contributed by atoms with Gasteiger partial charge in [0.2, 0.25) is 0 Å². The van der Waals surface area contributed by atoms with Gasteiger partial charge in [-0.1, -0.05) is 47.5 Å². The van der Waals surface area contributed by atoms with Crippen LogP contribution in [0.1, 0.15) is 21.5 Å². The van der Waals surface area contributed by atoms with Gasteiger partial charge in [-0.2, -0.15) is 5.10 Å². The van der Waals surface area contributed by atoms with E-state index >= 15 is 0 Å². The van der Waals surface area contributed by atoms with Crippen molar-refractivity contribution in [2.45, 2.75) is 6.54 Å². The molecule has 7 heteroatoms. The quantitative estimate of drug-likeness (QED) is 0.356. The second kappa shape index (κ2) is 8.47. The Morgan fingerprint density at radius 3 is 2.69 bits per heavy atom. The van der Waals surface area contributed by atoms with E-state index in [0.29, 0.717) is 22.2 Å². The van der Waals surface area contributed by atoms with Gasteiger partial charge in [0.1, 0.15) is 0 Å². The second-order valence-corrected chi connectivity index (χ2v) is 7.24. The van der Waals surface area contributed by atoms with Gasteiger partial charge in [0, 0.05) is 57.2 Å². The summed E-state index contributed by atoms with van der Waals surface area (Å²) in [6.45, 7) is 0.591. The zero-order valence-corrected chi connectivity index (χ0v) is 16.7. The summed E-state index contributed by atoms with van der Waals surface area (Å²) in [5, 5.41) is 6.37. The molecule has 0 saturated heterocycles. The number of benzene rings is 2. The van der Waals surface area contributed by atoms with Gasteiger partial charge in [-0.15, -0.1) is 0 Å². The number of carbonyl (C=O) groups excluding carboxylic acids is 1. The van der Waals surface area contributed by atoms with E-state index in [-0.39, 0.29) is 5.91 Å². The fraction of sp³-hybridized carbons (Fsp3) is 0.0455. The van der Waals surface area contributed by atoms with Gasteiger partial charge < -0.3 is 4.57 Å². The number of hydrogen-bond donors (Lipinski definition) is 1. The maximum absolute atomic E-state index is 12.1. The molecule has 0 bridgehead atoms. The Morgan fingerprint density at radius 2 is 1.90 bits per heavy atom. The normalized spacial score (nSPS) is 11.2. The summed E-state index contributed by atoms with van der Waals surface area (Å²) < 4.78 is 2.09. The first kappa shape index (κ1) is 19.2. The fourth-order valence-corrected chi connectivity index (χ4v) is 3.54. The number of aromatic nitrogens is 2. The van der Waals surface area contributed by atoms with E-state index in [1.807, 2.05) is 42.6 Å². The van der Waals surface area contributed by atoms with Crippen molar-refractivity contribution in [3.8, 4) is 0 Å². The topological polar surface area (TPSA) is 59.3 Å². The van der Waals surface area contributed by atoms with Gasteiger partial charge in [-0.3, -0.25) is 9.78 Å². The summed E-state index contributed by atoms with van der Waals surface area (Å²) in [7, 11) is 0. The van der Waals surface area contributed by atoms with Crippen LogP contribution in [0.15, 0.2) is 78.3 Å². The van der Waals surface area contributed by atoms with E-state index in [2.05, 4.69) is 20.1 Å². The zero-order chi connectivity index (χ0) is 20.2. The third-order valence-electron chi connectivity index (χ3n) is 4.49. The molecule has 29 heavy (non-hydrogen) atoms. The van der Waals surface area contributed by atoms with Crippen molar-refractivity contribution in [3.05, 3.63) is 99.9 Å². The zero-order valence-electron chi connectivity index (χ0n) is 15.2. The van der Waals surface area contributed by atoms with E-state index in [0.717, 1.165) is 22.0 Å². The van der Waals surface area contributed by atoms with E-state index in [1.54, 1.807) is 36.8 Å². The van der Waals surface area contributed by atoms with Crippen molar-refractivity contribution >= 4 is 46.2 Å². The average molecular weight is 423 g/mol. The van der Waals surface area contributed by atoms with Gasteiger partial charge in [-0.05, 0) is 35.9 Å². The minimum Gasteiger partial charge on any atom is -0.342 e. The molecule has 0 aliphatic rings. The van der Waals surface area contributed by atoms with E-state index in [1.165, 1.54) is 0 Å². The number of hydrogen-bond acceptors (Lipinski definition) is 3. The summed E-state index contributed by atoms with van der Waals surface area (Å²) in [4.78, 5) is 16.0. The van der Waals surface area contributed by atoms with Crippen LogP contribution < -0.4 is 5.43 Å². The molecular formula is C22H16Cl2N4O. The molecule has 0 atom stereocenters. The maximum atomic E-state index is 12.1. The summed E-state index contributed by atoms with van der Waals surface area (Å²) in [5.41, 5.74) is 5.94. The Morgan fingerprint density at radius 1 is 1.10 bits per heavy atom. The molecule has 5 nitrogen and oxygen atoms in total. The number of pyridine rings is 1. The largest absolute Gasteiger partial charge is 0.342 e. The van der Waals surface area contributed by atoms with Crippen molar-refractivity contribution < 1.29 is 4.79 Å². The minimum absolute atomic E-state index is 0.291. The second-order valence-electron chi connectivity index (χ2n) is 6.40. The molecule has 0 unspecified atom stereocenters. The summed E-state index contributed by atoms with van der Waals surface area (Å²) >= 11 is 12.3. The molecule has 1 N–H and O–H groups in total. The van der Waals surface area contributed by atoms with E-state index in [4.69, 9.17) is 23.2 Å². The van der Waals surface area contributed by atoms with Crippen LogP contribution in [0.5, 0.6) is 0 Å². The molecule has 4 rings (SSSR count). The summed E-state index contributed by atoms with van der Waals surface area (Å²) in [6.07, 6.45) is 6.75. The van der Waals surface area contributed by atoms with E-state index in [9.17, 15) is 4.79 Å². The molecule has 2 heterocycles. The number of halogens is 2. The number of para-hydroxylation sites is 1. The predicted octanol–water partition coefficient (Wildman–Crippen LogP) is 5.16. The molecule has 0 fully saturated rings. The third-order valence-corrected chi connectivity index (χ3v) is 5.07. The smallest absolute Gasteiger partial charge is 0.271 e. The average Bonchev–Trinajstić information content (AvgIpc) is 3.08. The standard InChI is InChI=1S/C22H16Cl2N4O/c23-18-6-5-16(20(24)11-18)13-28-14-17(19-3-1-2-4-21(19)28)12-26-27-22(29)15-7-9-25-10-8-15/h1-12,14H,13H2,(H,27,29)/b26-12+. The number of nitrogens with zero attached hydrogens (tertiary/aromatic N) is 3. The van der Waals surface area contributed by atoms with E-state index < -0.39 is 0 Å². The molecule has 0 aliphatic carbocycles. The Hall–Kier alpha value is -3.15. The Kier molecular flexibility index (Phi) is 5.60. The lowest BCUT2D eigenvalue weighted by Crippen LogP contribution is -2.17. The molecule has 0 radical (unpaired) electrons. The van der Waals surface area contributed by atoms with Gasteiger partial charge in [0.05, 0.1) is 6.21 Å².